The van der Waals surface area contributed by atoms with Crippen molar-refractivity contribution in [2.45, 2.75) is 13.3 Å². The lowest BCUT2D eigenvalue weighted by molar-refractivity contribution is -0.136. The lowest BCUT2D eigenvalue weighted by Crippen LogP contribution is -2.03. The molecule has 2 aromatic carbocycles. The Labute approximate surface area is 105 Å². The summed E-state index contributed by atoms with van der Waals surface area (Å²) in [5.74, 6) is -1.38. The first-order chi connectivity index (χ1) is 8.58. The highest BCUT2D eigenvalue weighted by atomic mass is 19.1. The number of carbonyl (C=O) groups is 1. The smallest absolute Gasteiger partial charge is 0.307 e. The second-order valence-corrected chi connectivity index (χ2v) is 4.19. The van der Waals surface area contributed by atoms with Crippen molar-refractivity contribution in [1.82, 2.24) is 0 Å². The van der Waals surface area contributed by atoms with Gasteiger partial charge in [-0.25, -0.2) is 4.39 Å². The quantitative estimate of drug-likeness (QED) is 0.898. The summed E-state index contributed by atoms with van der Waals surface area (Å²) in [6.07, 6.45) is -0.179. The molecule has 0 aliphatic carbocycles. The SMILES string of the molecule is Cc1ccccc1-c1ccc(F)cc1CC(=O)O. The van der Waals surface area contributed by atoms with Crippen molar-refractivity contribution >= 4 is 5.97 Å². The Bertz CT molecular complexity index is 591. The second kappa shape index (κ2) is 5.00. The summed E-state index contributed by atoms with van der Waals surface area (Å²) in [6.45, 7) is 1.95. The monoisotopic (exact) mass is 244 g/mol. The first-order valence-electron chi connectivity index (χ1n) is 5.64. The van der Waals surface area contributed by atoms with Gasteiger partial charge in [-0.3, -0.25) is 4.79 Å². The van der Waals surface area contributed by atoms with Gasteiger partial charge in [-0.15, -0.1) is 0 Å². The molecule has 0 aliphatic heterocycles. The fourth-order valence-corrected chi connectivity index (χ4v) is 2.01. The van der Waals surface area contributed by atoms with Gasteiger partial charge >= 0.3 is 5.97 Å². The molecule has 0 amide bonds. The van der Waals surface area contributed by atoms with E-state index < -0.39 is 11.8 Å². The van der Waals surface area contributed by atoms with Crippen LogP contribution in [0, 0.1) is 12.7 Å². The summed E-state index contributed by atoms with van der Waals surface area (Å²) in [7, 11) is 0. The Morgan fingerprint density at radius 2 is 1.89 bits per heavy atom. The van der Waals surface area contributed by atoms with Gasteiger partial charge in [0.15, 0.2) is 0 Å². The van der Waals surface area contributed by atoms with Crippen LogP contribution in [0.15, 0.2) is 42.5 Å². The van der Waals surface area contributed by atoms with Crippen molar-refractivity contribution in [3.63, 3.8) is 0 Å². The maximum absolute atomic E-state index is 13.2. The summed E-state index contributed by atoms with van der Waals surface area (Å²) in [5, 5.41) is 8.88. The zero-order valence-corrected chi connectivity index (χ0v) is 9.98. The molecule has 0 saturated carbocycles. The molecular formula is C15H13FO2. The highest BCUT2D eigenvalue weighted by molar-refractivity contribution is 5.77. The maximum atomic E-state index is 13.2. The van der Waals surface area contributed by atoms with Gasteiger partial charge in [0, 0.05) is 0 Å². The van der Waals surface area contributed by atoms with Gasteiger partial charge in [0.25, 0.3) is 0 Å². The molecule has 0 radical (unpaired) electrons. The molecule has 18 heavy (non-hydrogen) atoms. The number of hydrogen-bond acceptors (Lipinski definition) is 1. The van der Waals surface area contributed by atoms with Crippen molar-refractivity contribution in [2.24, 2.45) is 0 Å². The number of carboxylic acid groups (broad SMARTS) is 1. The molecule has 0 unspecified atom stereocenters. The third kappa shape index (κ3) is 2.56. The molecule has 92 valence electrons. The number of aryl methyl sites for hydroxylation is 1. The third-order valence-corrected chi connectivity index (χ3v) is 2.84. The fourth-order valence-electron chi connectivity index (χ4n) is 2.01. The molecule has 2 nitrogen and oxygen atoms in total. The molecule has 0 spiro atoms. The van der Waals surface area contributed by atoms with Crippen molar-refractivity contribution in [1.29, 1.82) is 0 Å². The summed E-state index contributed by atoms with van der Waals surface area (Å²) >= 11 is 0. The van der Waals surface area contributed by atoms with E-state index in [1.54, 1.807) is 6.07 Å². The van der Waals surface area contributed by atoms with E-state index in [1.165, 1.54) is 12.1 Å². The van der Waals surface area contributed by atoms with Gasteiger partial charge in [0.1, 0.15) is 5.82 Å². The molecule has 0 aliphatic rings. The number of rotatable bonds is 3. The highest BCUT2D eigenvalue weighted by Crippen LogP contribution is 2.27. The van der Waals surface area contributed by atoms with Gasteiger partial charge < -0.3 is 5.11 Å². The van der Waals surface area contributed by atoms with Crippen LogP contribution in [0.5, 0.6) is 0 Å². The van der Waals surface area contributed by atoms with Crippen LogP contribution in [0.4, 0.5) is 4.39 Å². The standard InChI is InChI=1S/C15H13FO2/c1-10-4-2-3-5-13(10)14-7-6-12(16)8-11(14)9-15(17)18/h2-8H,9H2,1H3,(H,17,18). The lowest BCUT2D eigenvalue weighted by Gasteiger charge is -2.10. The molecule has 0 saturated heterocycles. The zero-order chi connectivity index (χ0) is 13.1. The fraction of sp³-hybridized carbons (Fsp3) is 0.133. The number of benzene rings is 2. The minimum atomic E-state index is -0.963. The van der Waals surface area contributed by atoms with Crippen molar-refractivity contribution in [3.05, 3.63) is 59.4 Å². The summed E-state index contributed by atoms with van der Waals surface area (Å²) in [5.41, 5.74) is 3.25. The van der Waals surface area contributed by atoms with Crippen LogP contribution in [0.2, 0.25) is 0 Å². The van der Waals surface area contributed by atoms with Gasteiger partial charge in [-0.1, -0.05) is 30.3 Å². The topological polar surface area (TPSA) is 37.3 Å². The largest absolute Gasteiger partial charge is 0.481 e. The second-order valence-electron chi connectivity index (χ2n) is 4.19. The Hall–Kier alpha value is -2.16. The Morgan fingerprint density at radius 3 is 2.56 bits per heavy atom. The van der Waals surface area contributed by atoms with Crippen LogP contribution in [0.25, 0.3) is 11.1 Å². The number of hydrogen-bond donors (Lipinski definition) is 1. The van der Waals surface area contributed by atoms with E-state index in [2.05, 4.69) is 0 Å². The molecular weight excluding hydrogens is 231 g/mol. The van der Waals surface area contributed by atoms with E-state index >= 15 is 0 Å². The first-order valence-corrected chi connectivity index (χ1v) is 5.64. The Balaban J connectivity index is 2.57. The summed E-state index contributed by atoms with van der Waals surface area (Å²) < 4.78 is 13.2. The first kappa shape index (κ1) is 12.3. The average molecular weight is 244 g/mol. The van der Waals surface area contributed by atoms with E-state index in [0.717, 1.165) is 16.7 Å². The lowest BCUT2D eigenvalue weighted by atomic mass is 9.94. The van der Waals surface area contributed by atoms with Gasteiger partial charge in [-0.05, 0) is 41.3 Å². The van der Waals surface area contributed by atoms with Crippen molar-refractivity contribution in [2.75, 3.05) is 0 Å². The Kier molecular flexibility index (Phi) is 3.42. The van der Waals surface area contributed by atoms with Crippen LogP contribution in [0.1, 0.15) is 11.1 Å². The predicted octanol–water partition coefficient (Wildman–Crippen LogP) is 3.43. The molecule has 2 rings (SSSR count). The van der Waals surface area contributed by atoms with E-state index in [9.17, 15) is 9.18 Å². The molecule has 1 N–H and O–H groups in total. The van der Waals surface area contributed by atoms with Crippen LogP contribution in [-0.4, -0.2) is 11.1 Å². The van der Waals surface area contributed by atoms with Crippen molar-refractivity contribution in [3.8, 4) is 11.1 Å². The van der Waals surface area contributed by atoms with Crippen LogP contribution in [-0.2, 0) is 11.2 Å². The summed E-state index contributed by atoms with van der Waals surface area (Å²) in [6, 6.07) is 11.9. The maximum Gasteiger partial charge on any atom is 0.307 e. The van der Waals surface area contributed by atoms with Crippen LogP contribution in [0.3, 0.4) is 0 Å². The van der Waals surface area contributed by atoms with E-state index in [4.69, 9.17) is 5.11 Å². The molecule has 2 aromatic rings. The van der Waals surface area contributed by atoms with Gasteiger partial charge in [0.2, 0.25) is 0 Å². The number of halogens is 1. The van der Waals surface area contributed by atoms with E-state index in [1.807, 2.05) is 31.2 Å². The predicted molar refractivity (Wildman–Crippen MR) is 67.9 cm³/mol. The molecule has 0 atom stereocenters. The van der Waals surface area contributed by atoms with E-state index in [-0.39, 0.29) is 6.42 Å². The van der Waals surface area contributed by atoms with Gasteiger partial charge in [-0.2, -0.15) is 0 Å². The van der Waals surface area contributed by atoms with E-state index in [0.29, 0.717) is 5.56 Å². The van der Waals surface area contributed by atoms with Crippen molar-refractivity contribution < 1.29 is 14.3 Å². The number of carboxylic acids is 1. The third-order valence-electron chi connectivity index (χ3n) is 2.84. The highest BCUT2D eigenvalue weighted by Gasteiger charge is 2.11. The summed E-state index contributed by atoms with van der Waals surface area (Å²) in [4.78, 5) is 10.8. The van der Waals surface area contributed by atoms with Gasteiger partial charge in [0.05, 0.1) is 6.42 Å². The molecule has 0 heterocycles. The molecule has 3 heteroatoms. The average Bonchev–Trinajstić information content (AvgIpc) is 2.30. The minimum absolute atomic E-state index is 0.179. The zero-order valence-electron chi connectivity index (χ0n) is 9.98. The normalized spacial score (nSPS) is 10.3. The number of aliphatic carboxylic acids is 1. The molecule has 0 fully saturated rings. The minimum Gasteiger partial charge on any atom is -0.481 e. The molecule has 0 bridgehead atoms. The molecule has 0 aromatic heterocycles. The van der Waals surface area contributed by atoms with Crippen LogP contribution < -0.4 is 0 Å². The Morgan fingerprint density at radius 1 is 1.17 bits per heavy atom. The van der Waals surface area contributed by atoms with Crippen LogP contribution >= 0.6 is 0 Å².